The number of amides is 1. The maximum atomic E-state index is 13.9. The number of halogens is 1. The lowest BCUT2D eigenvalue weighted by molar-refractivity contribution is -0.141. The van der Waals surface area contributed by atoms with Crippen LogP contribution in [0.15, 0.2) is 53.7 Å². The van der Waals surface area contributed by atoms with E-state index in [0.717, 1.165) is 0 Å². The molecule has 1 heterocycles. The van der Waals surface area contributed by atoms with Crippen molar-refractivity contribution in [1.82, 2.24) is 4.90 Å². The van der Waals surface area contributed by atoms with E-state index in [2.05, 4.69) is 9.99 Å². The number of rotatable bonds is 4. The Morgan fingerprint density at radius 1 is 1.19 bits per heavy atom. The third kappa shape index (κ3) is 3.42. The summed E-state index contributed by atoms with van der Waals surface area (Å²) >= 11 is 0. The van der Waals surface area contributed by atoms with Crippen LogP contribution in [0.4, 0.5) is 4.39 Å². The summed E-state index contributed by atoms with van der Waals surface area (Å²) < 4.78 is 13.9. The maximum absolute atomic E-state index is 13.9. The third-order valence-electron chi connectivity index (χ3n) is 4.24. The molecular weight excluding hydrogens is 339 g/mol. The summed E-state index contributed by atoms with van der Waals surface area (Å²) in [7, 11) is 1.37. The second-order valence-electron chi connectivity index (χ2n) is 5.89. The molecular formula is C19H17FN2O4. The van der Waals surface area contributed by atoms with Crippen LogP contribution < -0.4 is 0 Å². The van der Waals surface area contributed by atoms with Gasteiger partial charge in [-0.25, -0.2) is 9.18 Å². The Kier molecular flexibility index (Phi) is 4.97. The molecule has 26 heavy (non-hydrogen) atoms. The molecule has 0 radical (unpaired) electrons. The number of carbonyl (C=O) groups is 2. The van der Waals surface area contributed by atoms with Crippen molar-refractivity contribution in [3.8, 4) is 11.1 Å². The summed E-state index contributed by atoms with van der Waals surface area (Å²) in [5.41, 5.74) is 1.90. The number of likely N-dealkylation sites (tertiary alicyclic amines) is 1. The summed E-state index contributed by atoms with van der Waals surface area (Å²) in [6.07, 6.45) is 0.127. The average Bonchev–Trinajstić information content (AvgIpc) is 3.06. The van der Waals surface area contributed by atoms with Crippen LogP contribution in [-0.4, -0.2) is 47.3 Å². The number of carboxylic acids is 1. The molecule has 134 valence electrons. The van der Waals surface area contributed by atoms with Crippen molar-refractivity contribution in [2.75, 3.05) is 13.7 Å². The van der Waals surface area contributed by atoms with E-state index in [-0.39, 0.29) is 18.8 Å². The van der Waals surface area contributed by atoms with Crippen LogP contribution in [0.25, 0.3) is 11.1 Å². The standard InChI is InChI=1S/C19H17FN2O4/c1-26-21-14-10-17(19(24)25)22(11-14)18(23)13-8-6-12(7-9-13)15-4-2-3-5-16(15)20/h2-9,17H,10-11H2,1H3,(H,24,25)/t17-/m0/s1. The Labute approximate surface area is 149 Å². The first-order valence-corrected chi connectivity index (χ1v) is 7.99. The highest BCUT2D eigenvalue weighted by Gasteiger charge is 2.38. The molecule has 1 aliphatic rings. The highest BCUT2D eigenvalue weighted by Crippen LogP contribution is 2.24. The Bertz CT molecular complexity index is 864. The number of aliphatic carboxylic acids is 1. The van der Waals surface area contributed by atoms with Crippen LogP contribution in [0.5, 0.6) is 0 Å². The van der Waals surface area contributed by atoms with E-state index in [1.54, 1.807) is 42.5 Å². The number of carboxylic acid groups (broad SMARTS) is 1. The van der Waals surface area contributed by atoms with Gasteiger partial charge in [-0.2, -0.15) is 0 Å². The molecule has 0 aliphatic carbocycles. The van der Waals surface area contributed by atoms with Crippen LogP contribution in [0, 0.1) is 5.82 Å². The van der Waals surface area contributed by atoms with Gasteiger partial charge in [0.25, 0.3) is 5.91 Å². The van der Waals surface area contributed by atoms with Crippen LogP contribution in [0.1, 0.15) is 16.8 Å². The number of oxime groups is 1. The Morgan fingerprint density at radius 2 is 1.88 bits per heavy atom. The molecule has 0 spiro atoms. The molecule has 1 amide bonds. The van der Waals surface area contributed by atoms with E-state index < -0.39 is 17.9 Å². The largest absolute Gasteiger partial charge is 0.480 e. The number of nitrogens with zero attached hydrogens (tertiary/aromatic N) is 2. The van der Waals surface area contributed by atoms with Gasteiger partial charge in [-0.3, -0.25) is 4.79 Å². The molecule has 7 heteroatoms. The lowest BCUT2D eigenvalue weighted by atomic mass is 10.0. The van der Waals surface area contributed by atoms with Gasteiger partial charge in [-0.05, 0) is 23.8 Å². The van der Waals surface area contributed by atoms with Gasteiger partial charge in [0, 0.05) is 17.5 Å². The van der Waals surface area contributed by atoms with Crippen LogP contribution >= 0.6 is 0 Å². The normalized spacial score (nSPS) is 18.2. The molecule has 2 aromatic carbocycles. The molecule has 0 bridgehead atoms. The minimum absolute atomic E-state index is 0.0959. The molecule has 0 unspecified atom stereocenters. The summed E-state index contributed by atoms with van der Waals surface area (Å²) in [6.45, 7) is 0.0959. The summed E-state index contributed by atoms with van der Waals surface area (Å²) in [5, 5.41) is 13.1. The van der Waals surface area contributed by atoms with Gasteiger partial charge in [0.2, 0.25) is 0 Å². The van der Waals surface area contributed by atoms with E-state index in [1.807, 2.05) is 0 Å². The zero-order valence-electron chi connectivity index (χ0n) is 14.1. The molecule has 3 rings (SSSR count). The third-order valence-corrected chi connectivity index (χ3v) is 4.24. The highest BCUT2D eigenvalue weighted by atomic mass is 19.1. The molecule has 2 aromatic rings. The summed E-state index contributed by atoms with van der Waals surface area (Å²) in [4.78, 5) is 30.1. The van der Waals surface area contributed by atoms with Gasteiger partial charge in [0.15, 0.2) is 0 Å². The number of hydrogen-bond donors (Lipinski definition) is 1. The molecule has 1 N–H and O–H groups in total. The number of hydrogen-bond acceptors (Lipinski definition) is 4. The van der Waals surface area contributed by atoms with E-state index in [9.17, 15) is 19.1 Å². The molecule has 6 nitrogen and oxygen atoms in total. The van der Waals surface area contributed by atoms with Gasteiger partial charge in [-0.1, -0.05) is 35.5 Å². The van der Waals surface area contributed by atoms with Crippen molar-refractivity contribution in [2.24, 2.45) is 5.16 Å². The highest BCUT2D eigenvalue weighted by molar-refractivity contribution is 6.04. The van der Waals surface area contributed by atoms with Crippen LogP contribution in [-0.2, 0) is 9.63 Å². The molecule has 0 saturated carbocycles. The summed E-state index contributed by atoms with van der Waals surface area (Å²) in [6, 6.07) is 11.8. The van der Waals surface area contributed by atoms with Crippen molar-refractivity contribution in [3.05, 3.63) is 59.9 Å². The van der Waals surface area contributed by atoms with E-state index in [4.69, 9.17) is 0 Å². The van der Waals surface area contributed by atoms with E-state index in [1.165, 1.54) is 18.1 Å². The maximum Gasteiger partial charge on any atom is 0.326 e. The van der Waals surface area contributed by atoms with Gasteiger partial charge >= 0.3 is 5.97 Å². The molecule has 1 aliphatic heterocycles. The Balaban J connectivity index is 1.85. The van der Waals surface area contributed by atoms with Gasteiger partial charge < -0.3 is 14.8 Å². The minimum Gasteiger partial charge on any atom is -0.480 e. The van der Waals surface area contributed by atoms with Crippen molar-refractivity contribution in [2.45, 2.75) is 12.5 Å². The van der Waals surface area contributed by atoms with Crippen molar-refractivity contribution >= 4 is 17.6 Å². The quantitative estimate of drug-likeness (QED) is 0.855. The van der Waals surface area contributed by atoms with Gasteiger partial charge in [0.05, 0.1) is 12.3 Å². The molecule has 1 atom stereocenters. The van der Waals surface area contributed by atoms with Crippen LogP contribution in [0.2, 0.25) is 0 Å². The smallest absolute Gasteiger partial charge is 0.326 e. The monoisotopic (exact) mass is 356 g/mol. The van der Waals surface area contributed by atoms with E-state index in [0.29, 0.717) is 22.4 Å². The van der Waals surface area contributed by atoms with Crippen LogP contribution in [0.3, 0.4) is 0 Å². The van der Waals surface area contributed by atoms with Gasteiger partial charge in [0.1, 0.15) is 19.0 Å². The molecule has 1 fully saturated rings. The number of benzene rings is 2. The topological polar surface area (TPSA) is 79.2 Å². The summed E-state index contributed by atoms with van der Waals surface area (Å²) in [5.74, 6) is -1.86. The molecule has 0 aromatic heterocycles. The van der Waals surface area contributed by atoms with E-state index >= 15 is 0 Å². The van der Waals surface area contributed by atoms with Gasteiger partial charge in [-0.15, -0.1) is 0 Å². The fourth-order valence-electron chi connectivity index (χ4n) is 2.99. The number of carbonyl (C=O) groups excluding carboxylic acids is 1. The molecule has 1 saturated heterocycles. The fourth-order valence-corrected chi connectivity index (χ4v) is 2.99. The zero-order chi connectivity index (χ0) is 18.7. The van der Waals surface area contributed by atoms with Crippen molar-refractivity contribution < 1.29 is 23.9 Å². The zero-order valence-corrected chi connectivity index (χ0v) is 14.1. The SMILES string of the molecule is CON=C1C[C@@H](C(=O)O)N(C(=O)c2ccc(-c3ccccc3F)cc2)C1. The Morgan fingerprint density at radius 3 is 2.50 bits per heavy atom. The second-order valence-corrected chi connectivity index (χ2v) is 5.89. The lowest BCUT2D eigenvalue weighted by Crippen LogP contribution is -2.40. The fraction of sp³-hybridized carbons (Fsp3) is 0.211. The van der Waals surface area contributed by atoms with Crippen molar-refractivity contribution in [1.29, 1.82) is 0 Å². The predicted molar refractivity (Wildman–Crippen MR) is 93.4 cm³/mol. The first kappa shape index (κ1) is 17.6. The minimum atomic E-state index is -1.09. The lowest BCUT2D eigenvalue weighted by Gasteiger charge is -2.20. The predicted octanol–water partition coefficient (Wildman–Crippen LogP) is 2.79. The average molecular weight is 356 g/mol. The first-order chi connectivity index (χ1) is 12.5. The Hall–Kier alpha value is -3.22. The second kappa shape index (κ2) is 7.35. The first-order valence-electron chi connectivity index (χ1n) is 7.99. The van der Waals surface area contributed by atoms with Crippen molar-refractivity contribution in [3.63, 3.8) is 0 Å².